The van der Waals surface area contributed by atoms with E-state index in [0.717, 1.165) is 5.69 Å². The quantitative estimate of drug-likeness (QED) is 0.735. The Bertz CT molecular complexity index is 534. The highest BCUT2D eigenvalue weighted by Gasteiger charge is 2.34. The Morgan fingerprint density at radius 1 is 1.35 bits per heavy atom. The van der Waals surface area contributed by atoms with E-state index in [0.29, 0.717) is 18.7 Å². The summed E-state index contributed by atoms with van der Waals surface area (Å²) in [5.74, 6) is -1.70. The minimum Gasteiger partial charge on any atom is -0.481 e. The molecule has 1 amide bonds. The van der Waals surface area contributed by atoms with E-state index in [-0.39, 0.29) is 11.8 Å². The molecule has 0 bridgehead atoms. The van der Waals surface area contributed by atoms with Crippen molar-refractivity contribution in [2.45, 2.75) is 32.6 Å². The lowest BCUT2D eigenvalue weighted by Crippen LogP contribution is -2.34. The van der Waals surface area contributed by atoms with Gasteiger partial charge in [-0.2, -0.15) is 5.10 Å². The van der Waals surface area contributed by atoms with Crippen LogP contribution in [0.15, 0.2) is 18.2 Å². The summed E-state index contributed by atoms with van der Waals surface area (Å²) in [5, 5.41) is 18.7. The highest BCUT2D eigenvalue weighted by atomic mass is 16.4. The summed E-state index contributed by atoms with van der Waals surface area (Å²) >= 11 is 0. The van der Waals surface area contributed by atoms with Gasteiger partial charge in [0.2, 0.25) is 5.91 Å². The van der Waals surface area contributed by atoms with E-state index in [2.05, 4.69) is 15.5 Å². The third kappa shape index (κ3) is 3.07. The fraction of sp³-hybridized carbons (Fsp3) is 0.500. The average molecular weight is 277 g/mol. The van der Waals surface area contributed by atoms with Crippen molar-refractivity contribution in [3.05, 3.63) is 23.9 Å². The lowest BCUT2D eigenvalue weighted by Gasteiger charge is -2.23. The van der Waals surface area contributed by atoms with E-state index < -0.39 is 17.8 Å². The molecule has 3 N–H and O–H groups in total. The molecule has 1 heterocycles. The second kappa shape index (κ2) is 5.90. The molecule has 1 aliphatic rings. The summed E-state index contributed by atoms with van der Waals surface area (Å²) < 4.78 is 0. The zero-order valence-electron chi connectivity index (χ0n) is 11.6. The molecule has 1 aromatic rings. The number of aromatic amines is 1. The molecule has 20 heavy (non-hydrogen) atoms. The van der Waals surface area contributed by atoms with Gasteiger partial charge in [-0.15, -0.1) is 0 Å². The molecular weight excluding hydrogens is 258 g/mol. The Kier molecular flexibility index (Phi) is 4.22. The van der Waals surface area contributed by atoms with Crippen LogP contribution >= 0.6 is 0 Å². The first-order valence-electron chi connectivity index (χ1n) is 6.73. The van der Waals surface area contributed by atoms with Crippen LogP contribution in [0.1, 0.15) is 38.3 Å². The Morgan fingerprint density at radius 2 is 2.00 bits per heavy atom. The van der Waals surface area contributed by atoms with Gasteiger partial charge in [-0.25, -0.2) is 0 Å². The van der Waals surface area contributed by atoms with E-state index in [4.69, 9.17) is 5.11 Å². The number of aromatic nitrogens is 2. The second-order valence-corrected chi connectivity index (χ2v) is 5.35. The smallest absolute Gasteiger partial charge is 0.307 e. The van der Waals surface area contributed by atoms with E-state index in [1.54, 1.807) is 6.07 Å². The van der Waals surface area contributed by atoms with E-state index in [9.17, 15) is 9.59 Å². The number of carboxylic acid groups (broad SMARTS) is 1. The van der Waals surface area contributed by atoms with E-state index in [1.165, 1.54) is 0 Å². The van der Waals surface area contributed by atoms with Gasteiger partial charge in [0.05, 0.1) is 11.8 Å². The molecule has 0 spiro atoms. The first-order valence-corrected chi connectivity index (χ1v) is 6.73. The molecule has 2 unspecified atom stereocenters. The first-order chi connectivity index (χ1) is 9.49. The van der Waals surface area contributed by atoms with Crippen molar-refractivity contribution >= 4 is 17.7 Å². The second-order valence-electron chi connectivity index (χ2n) is 5.35. The van der Waals surface area contributed by atoms with Gasteiger partial charge in [-0.1, -0.05) is 26.0 Å². The summed E-state index contributed by atoms with van der Waals surface area (Å²) in [5.41, 5.74) is 0.929. The fourth-order valence-corrected chi connectivity index (χ4v) is 2.29. The molecule has 0 aromatic carbocycles. The highest BCUT2D eigenvalue weighted by molar-refractivity contribution is 5.94. The third-order valence-corrected chi connectivity index (χ3v) is 3.56. The topological polar surface area (TPSA) is 95.1 Å². The van der Waals surface area contributed by atoms with Crippen LogP contribution in [0.5, 0.6) is 0 Å². The number of aliphatic carboxylic acids is 1. The average Bonchev–Trinajstić information content (AvgIpc) is 2.87. The lowest BCUT2D eigenvalue weighted by molar-refractivity contribution is -0.146. The fourth-order valence-electron chi connectivity index (χ4n) is 2.29. The van der Waals surface area contributed by atoms with Crippen LogP contribution in [-0.2, 0) is 9.59 Å². The molecule has 0 saturated heterocycles. The molecule has 1 aromatic heterocycles. The van der Waals surface area contributed by atoms with Gasteiger partial charge in [0.15, 0.2) is 5.82 Å². The minimum atomic E-state index is -0.931. The number of carbonyl (C=O) groups excluding carboxylic acids is 1. The first kappa shape index (κ1) is 14.3. The van der Waals surface area contributed by atoms with Gasteiger partial charge in [-0.05, 0) is 18.8 Å². The largest absolute Gasteiger partial charge is 0.481 e. The molecular formula is C14H19N3O3. The number of carboxylic acids is 1. The molecule has 0 fully saturated rings. The van der Waals surface area contributed by atoms with Crippen molar-refractivity contribution in [3.8, 4) is 0 Å². The zero-order chi connectivity index (χ0) is 14.7. The standard InChI is InChI=1S/C14H19N3O3/c1-8(2)11-7-12(17-16-11)15-13(18)9-5-3-4-6-10(9)14(19)20/h3-4,7-10H,5-6H2,1-2H3,(H,19,20)(H2,15,16,17,18). The number of allylic oxidation sites excluding steroid dienone is 2. The Hall–Kier alpha value is -2.11. The van der Waals surface area contributed by atoms with Crippen molar-refractivity contribution in [2.75, 3.05) is 5.32 Å². The molecule has 0 radical (unpaired) electrons. The molecule has 2 atom stereocenters. The van der Waals surface area contributed by atoms with Crippen molar-refractivity contribution in [1.29, 1.82) is 0 Å². The summed E-state index contributed by atoms with van der Waals surface area (Å²) in [6.07, 6.45) is 4.51. The summed E-state index contributed by atoms with van der Waals surface area (Å²) in [6, 6.07) is 1.77. The maximum atomic E-state index is 12.2. The SMILES string of the molecule is CC(C)c1cc(NC(=O)C2CC=CCC2C(=O)O)n[nH]1. The number of carbonyl (C=O) groups is 2. The van der Waals surface area contributed by atoms with Gasteiger partial charge in [0, 0.05) is 11.8 Å². The van der Waals surface area contributed by atoms with Crippen LogP contribution in [0.4, 0.5) is 5.82 Å². The van der Waals surface area contributed by atoms with E-state index >= 15 is 0 Å². The molecule has 0 aliphatic heterocycles. The van der Waals surface area contributed by atoms with Crippen LogP contribution in [0, 0.1) is 11.8 Å². The molecule has 0 saturated carbocycles. The molecule has 6 nitrogen and oxygen atoms in total. The number of anilines is 1. The Balaban J connectivity index is 2.06. The monoisotopic (exact) mass is 277 g/mol. The number of rotatable bonds is 4. The summed E-state index contributed by atoms with van der Waals surface area (Å²) in [4.78, 5) is 23.4. The van der Waals surface area contributed by atoms with Gasteiger partial charge < -0.3 is 10.4 Å². The van der Waals surface area contributed by atoms with Gasteiger partial charge >= 0.3 is 5.97 Å². The Morgan fingerprint density at radius 3 is 2.55 bits per heavy atom. The molecule has 108 valence electrons. The van der Waals surface area contributed by atoms with Crippen LogP contribution in [0.25, 0.3) is 0 Å². The molecule has 6 heteroatoms. The maximum absolute atomic E-state index is 12.2. The van der Waals surface area contributed by atoms with Crippen LogP contribution in [-0.4, -0.2) is 27.2 Å². The minimum absolute atomic E-state index is 0.288. The number of H-pyrrole nitrogens is 1. The number of hydrogen-bond donors (Lipinski definition) is 3. The lowest BCUT2D eigenvalue weighted by atomic mass is 9.82. The number of nitrogens with one attached hydrogen (secondary N) is 2. The molecule has 1 aliphatic carbocycles. The maximum Gasteiger partial charge on any atom is 0.307 e. The number of amides is 1. The summed E-state index contributed by atoms with van der Waals surface area (Å²) in [6.45, 7) is 4.04. The number of hydrogen-bond acceptors (Lipinski definition) is 3. The summed E-state index contributed by atoms with van der Waals surface area (Å²) in [7, 11) is 0. The van der Waals surface area contributed by atoms with Crippen LogP contribution in [0.3, 0.4) is 0 Å². The predicted octanol–water partition coefficient (Wildman–Crippen LogP) is 2.14. The van der Waals surface area contributed by atoms with Crippen molar-refractivity contribution < 1.29 is 14.7 Å². The predicted molar refractivity (Wildman–Crippen MR) is 74.3 cm³/mol. The van der Waals surface area contributed by atoms with Gasteiger partial charge in [0.25, 0.3) is 0 Å². The van der Waals surface area contributed by atoms with Gasteiger partial charge in [0.1, 0.15) is 0 Å². The third-order valence-electron chi connectivity index (χ3n) is 3.56. The van der Waals surface area contributed by atoms with Crippen molar-refractivity contribution in [1.82, 2.24) is 10.2 Å². The highest BCUT2D eigenvalue weighted by Crippen LogP contribution is 2.27. The van der Waals surface area contributed by atoms with E-state index in [1.807, 2.05) is 26.0 Å². The van der Waals surface area contributed by atoms with Gasteiger partial charge in [-0.3, -0.25) is 14.7 Å². The van der Waals surface area contributed by atoms with Crippen LogP contribution < -0.4 is 5.32 Å². The number of nitrogens with zero attached hydrogens (tertiary/aromatic N) is 1. The normalized spacial score (nSPS) is 21.9. The molecule has 2 rings (SSSR count). The zero-order valence-corrected chi connectivity index (χ0v) is 11.6. The Labute approximate surface area is 117 Å². The van der Waals surface area contributed by atoms with Crippen molar-refractivity contribution in [3.63, 3.8) is 0 Å². The van der Waals surface area contributed by atoms with Crippen LogP contribution in [0.2, 0.25) is 0 Å². The van der Waals surface area contributed by atoms with Crippen molar-refractivity contribution in [2.24, 2.45) is 11.8 Å².